The van der Waals surface area contributed by atoms with E-state index >= 15 is 0 Å². The fourth-order valence-corrected chi connectivity index (χ4v) is 6.33. The van der Waals surface area contributed by atoms with Crippen molar-refractivity contribution in [3.63, 3.8) is 0 Å². The molecule has 0 unspecified atom stereocenters. The van der Waals surface area contributed by atoms with Crippen LogP contribution >= 0.6 is 11.8 Å². The molecule has 9 nitrogen and oxygen atoms in total. The fraction of sp³-hybridized carbons (Fsp3) is 0.318. The topological polar surface area (TPSA) is 148 Å². The molecule has 0 atom stereocenters. The van der Waals surface area contributed by atoms with Crippen LogP contribution in [0.4, 0.5) is 5.82 Å². The molecule has 0 radical (unpaired) electrons. The maximum atomic E-state index is 13.2. The lowest BCUT2D eigenvalue weighted by Crippen LogP contribution is -2.74. The number of aryl methyl sites for hydroxylation is 1. The van der Waals surface area contributed by atoms with Crippen molar-refractivity contribution in [1.29, 1.82) is 5.26 Å². The van der Waals surface area contributed by atoms with Crippen LogP contribution in [0.5, 0.6) is 0 Å². The van der Waals surface area contributed by atoms with E-state index < -0.39 is 27.8 Å². The van der Waals surface area contributed by atoms with E-state index in [0.717, 1.165) is 0 Å². The lowest BCUT2D eigenvalue weighted by Gasteiger charge is -2.66. The number of hydrogen-bond donors (Lipinski definition) is 2. The molecule has 3 N–H and O–H groups in total. The molecule has 3 fully saturated rings. The van der Waals surface area contributed by atoms with Crippen LogP contribution in [0.15, 0.2) is 46.7 Å². The number of anilines is 1. The highest BCUT2D eigenvalue weighted by Crippen LogP contribution is 2.67. The minimum absolute atomic E-state index is 0.0760. The molecule has 0 spiro atoms. The first kappa shape index (κ1) is 18.4. The average molecular weight is 483 g/mol. The van der Waals surface area contributed by atoms with E-state index in [9.17, 15) is 13.7 Å². The molecule has 2 heterocycles. The number of nitrogen functional groups attached to an aromatic ring is 1. The average Bonchev–Trinajstić information content (AvgIpc) is 2.80. The molecule has 0 saturated heterocycles. The van der Waals surface area contributed by atoms with Crippen molar-refractivity contribution >= 4 is 27.6 Å². The van der Waals surface area contributed by atoms with Gasteiger partial charge >= 0.3 is 0 Å². The number of nitrogens with two attached hydrogens (primary N) is 1. The van der Waals surface area contributed by atoms with Crippen molar-refractivity contribution in [2.75, 3.05) is 12.0 Å². The third-order valence-corrected chi connectivity index (χ3v) is 8.19. The van der Waals surface area contributed by atoms with Gasteiger partial charge in [-0.25, -0.2) is 33.1 Å². The van der Waals surface area contributed by atoms with E-state index in [2.05, 4.69) is 30.7 Å². The Morgan fingerprint density at radius 3 is 2.70 bits per heavy atom. The molecule has 33 heavy (non-hydrogen) atoms. The second-order valence-electron chi connectivity index (χ2n) is 8.43. The van der Waals surface area contributed by atoms with Crippen LogP contribution in [0, 0.1) is 23.6 Å². The number of benzene rings is 1. The zero-order valence-electron chi connectivity index (χ0n) is 20.5. The van der Waals surface area contributed by atoms with E-state index in [0.29, 0.717) is 30.1 Å². The number of aromatic nitrogens is 4. The summed E-state index contributed by atoms with van der Waals surface area (Å²) in [5.74, 6) is 0.0837. The summed E-state index contributed by atoms with van der Waals surface area (Å²) in [6, 6.07) is 7.67. The van der Waals surface area contributed by atoms with Crippen LogP contribution in [0.1, 0.15) is 28.9 Å². The van der Waals surface area contributed by atoms with Gasteiger partial charge in [-0.1, -0.05) is 17.8 Å². The third kappa shape index (κ3) is 3.64. The number of nitriles is 1. The third-order valence-electron chi connectivity index (χ3n) is 6.06. The minimum atomic E-state index is -3.99. The molecule has 3 aliphatic carbocycles. The summed E-state index contributed by atoms with van der Waals surface area (Å²) in [6.45, 7) is -2.54. The van der Waals surface area contributed by atoms with Crippen LogP contribution in [0.25, 0.3) is 22.6 Å². The number of nitrogens with zero attached hydrogens (tertiary/aromatic N) is 5. The first-order valence-electron chi connectivity index (χ1n) is 11.5. The molecular weight excluding hydrogens is 458 g/mol. The van der Waals surface area contributed by atoms with E-state index in [1.165, 1.54) is 36.2 Å². The van der Waals surface area contributed by atoms with Gasteiger partial charge in [-0.3, -0.25) is 0 Å². The van der Waals surface area contributed by atoms with Gasteiger partial charge in [0.1, 0.15) is 5.69 Å². The lowest BCUT2D eigenvalue weighted by atomic mass is 9.40. The Balaban J connectivity index is 1.57. The van der Waals surface area contributed by atoms with E-state index in [-0.39, 0.29) is 33.2 Å². The van der Waals surface area contributed by atoms with Gasteiger partial charge in [0, 0.05) is 21.4 Å². The van der Waals surface area contributed by atoms with E-state index in [1.54, 1.807) is 12.3 Å². The zero-order valence-corrected chi connectivity index (χ0v) is 19.2. The van der Waals surface area contributed by atoms with Gasteiger partial charge in [-0.15, -0.1) is 0 Å². The standard InChI is InChI=1S/C22H21N7O2S2/c1-13-3-4-14(33(30,31)29-22-9-21(10-22,11-22)12-23)7-15(13)17-8-26-19(24)18(27-17)16-5-6-25-20(28-16)32-2/h3-8,29H,9-11H2,1-2H3,(H2,24,26)/i1D3. The van der Waals surface area contributed by atoms with Crippen LogP contribution < -0.4 is 10.5 Å². The maximum absolute atomic E-state index is 13.2. The molecular formula is C22H21N7O2S2. The van der Waals surface area contributed by atoms with Crippen molar-refractivity contribution in [3.8, 4) is 28.7 Å². The molecule has 0 amide bonds. The number of thioether (sulfide) groups is 1. The smallest absolute Gasteiger partial charge is 0.241 e. The summed E-state index contributed by atoms with van der Waals surface area (Å²) in [7, 11) is -3.99. The van der Waals surface area contributed by atoms with Crippen molar-refractivity contribution in [2.45, 2.75) is 41.7 Å². The van der Waals surface area contributed by atoms with Crippen LogP contribution in [-0.4, -0.2) is 40.1 Å². The molecule has 168 valence electrons. The second kappa shape index (κ2) is 7.48. The van der Waals surface area contributed by atoms with Gasteiger partial charge in [0.05, 0.1) is 34.0 Å². The molecule has 2 bridgehead atoms. The number of nitrogens with one attached hydrogen (secondary N) is 1. The van der Waals surface area contributed by atoms with Crippen molar-refractivity contribution in [2.24, 2.45) is 5.41 Å². The molecule has 3 aliphatic rings. The number of sulfonamides is 1. The first-order chi connectivity index (χ1) is 16.9. The molecule has 3 aromatic rings. The molecule has 2 aromatic heterocycles. The molecule has 11 heteroatoms. The summed E-state index contributed by atoms with van der Waals surface area (Å²) in [5.41, 5.74) is 5.79. The lowest BCUT2D eigenvalue weighted by molar-refractivity contribution is -0.0946. The highest BCUT2D eigenvalue weighted by Gasteiger charge is 2.69. The summed E-state index contributed by atoms with van der Waals surface area (Å²) in [5, 5.41) is 9.72. The largest absolute Gasteiger partial charge is 0.382 e. The van der Waals surface area contributed by atoms with Crippen LogP contribution in [0.2, 0.25) is 0 Å². The monoisotopic (exact) mass is 482 g/mol. The Bertz CT molecular complexity index is 1520. The Morgan fingerprint density at radius 1 is 1.21 bits per heavy atom. The van der Waals surface area contributed by atoms with E-state index in [4.69, 9.17) is 9.85 Å². The summed E-state index contributed by atoms with van der Waals surface area (Å²) >= 11 is 1.33. The molecule has 3 saturated carbocycles. The maximum Gasteiger partial charge on any atom is 0.241 e. The summed E-state index contributed by atoms with van der Waals surface area (Å²) < 4.78 is 53.1. The van der Waals surface area contributed by atoms with Crippen LogP contribution in [-0.2, 0) is 10.0 Å². The summed E-state index contributed by atoms with van der Waals surface area (Å²) in [6.07, 6.45) is 6.09. The fourth-order valence-electron chi connectivity index (χ4n) is 4.55. The SMILES string of the molecule is [2H]C([2H])([2H])c1ccc(S(=O)(=O)NC23CC(C#N)(C2)C3)cc1-c1cnc(N)c(-c2ccnc(SC)n2)n1. The Labute approximate surface area is 200 Å². The quantitative estimate of drug-likeness (QED) is 0.399. The second-order valence-corrected chi connectivity index (χ2v) is 10.9. The zero-order chi connectivity index (χ0) is 25.9. The van der Waals surface area contributed by atoms with Crippen LogP contribution in [0.3, 0.4) is 0 Å². The van der Waals surface area contributed by atoms with Gasteiger partial charge in [0.2, 0.25) is 10.0 Å². The Hall–Kier alpha value is -3.07. The van der Waals surface area contributed by atoms with Gasteiger partial charge in [0.15, 0.2) is 11.0 Å². The van der Waals surface area contributed by atoms with Gasteiger partial charge in [0.25, 0.3) is 0 Å². The Kier molecular flexibility index (Phi) is 4.16. The molecule has 6 rings (SSSR count). The Morgan fingerprint density at radius 2 is 2.00 bits per heavy atom. The van der Waals surface area contributed by atoms with Crippen molar-refractivity contribution in [1.82, 2.24) is 24.7 Å². The van der Waals surface area contributed by atoms with Crippen molar-refractivity contribution < 1.29 is 12.5 Å². The predicted octanol–water partition coefficient (Wildman–Crippen LogP) is 2.94. The number of hydrogen-bond acceptors (Lipinski definition) is 9. The van der Waals surface area contributed by atoms with Crippen molar-refractivity contribution in [3.05, 3.63) is 42.2 Å². The minimum Gasteiger partial charge on any atom is -0.382 e. The summed E-state index contributed by atoms with van der Waals surface area (Å²) in [4.78, 5) is 17.1. The van der Waals surface area contributed by atoms with Gasteiger partial charge in [-0.05, 0) is 56.1 Å². The molecule has 0 aliphatic heterocycles. The molecule has 1 aromatic carbocycles. The van der Waals surface area contributed by atoms with Gasteiger partial charge in [-0.2, -0.15) is 5.26 Å². The van der Waals surface area contributed by atoms with E-state index in [1.807, 2.05) is 6.26 Å². The highest BCUT2D eigenvalue weighted by atomic mass is 32.2. The normalized spacial score (nSPS) is 25.0. The number of rotatable bonds is 6. The first-order valence-corrected chi connectivity index (χ1v) is 12.7. The highest BCUT2D eigenvalue weighted by molar-refractivity contribution is 7.98. The predicted molar refractivity (Wildman–Crippen MR) is 124 cm³/mol. The van der Waals surface area contributed by atoms with Gasteiger partial charge < -0.3 is 5.73 Å².